The summed E-state index contributed by atoms with van der Waals surface area (Å²) in [4.78, 5) is 2.45. The first-order chi connectivity index (χ1) is 6.13. The lowest BCUT2D eigenvalue weighted by Crippen LogP contribution is -2.43. The third-order valence-electron chi connectivity index (χ3n) is 2.67. The predicted octanol–water partition coefficient (Wildman–Crippen LogP) is 2.10. The van der Waals surface area contributed by atoms with Crippen LogP contribution in [0.25, 0.3) is 0 Å². The maximum atomic E-state index is 3.48. The SMILES string of the molecule is CCCNCC(CC)N(C)C(C)C. The van der Waals surface area contributed by atoms with Gasteiger partial charge >= 0.3 is 0 Å². The summed E-state index contributed by atoms with van der Waals surface area (Å²) in [5.74, 6) is 0. The molecule has 0 aliphatic rings. The van der Waals surface area contributed by atoms with E-state index in [1.54, 1.807) is 0 Å². The molecule has 0 saturated heterocycles. The van der Waals surface area contributed by atoms with Gasteiger partial charge in [-0.3, -0.25) is 4.90 Å². The van der Waals surface area contributed by atoms with Gasteiger partial charge in [0.2, 0.25) is 0 Å². The molecule has 2 nitrogen and oxygen atoms in total. The highest BCUT2D eigenvalue weighted by molar-refractivity contribution is 4.72. The van der Waals surface area contributed by atoms with Gasteiger partial charge in [0.25, 0.3) is 0 Å². The summed E-state index contributed by atoms with van der Waals surface area (Å²) in [6.07, 6.45) is 2.45. The Morgan fingerprint density at radius 2 is 1.85 bits per heavy atom. The summed E-state index contributed by atoms with van der Waals surface area (Å²) in [7, 11) is 2.21. The molecule has 2 heteroatoms. The van der Waals surface area contributed by atoms with Gasteiger partial charge in [0.1, 0.15) is 0 Å². The number of hydrogen-bond donors (Lipinski definition) is 1. The zero-order valence-corrected chi connectivity index (χ0v) is 9.93. The van der Waals surface area contributed by atoms with Crippen LogP contribution < -0.4 is 5.32 Å². The van der Waals surface area contributed by atoms with Crippen LogP contribution in [0, 0.1) is 0 Å². The van der Waals surface area contributed by atoms with Crippen LogP contribution in [0.4, 0.5) is 0 Å². The monoisotopic (exact) mass is 186 g/mol. The van der Waals surface area contributed by atoms with Gasteiger partial charge in [-0.05, 0) is 40.3 Å². The molecule has 0 rings (SSSR count). The summed E-state index contributed by atoms with van der Waals surface area (Å²) >= 11 is 0. The molecule has 0 aliphatic carbocycles. The molecule has 0 radical (unpaired) electrons. The average Bonchev–Trinajstić information content (AvgIpc) is 2.11. The molecule has 80 valence electrons. The van der Waals surface area contributed by atoms with Crippen LogP contribution in [0.5, 0.6) is 0 Å². The van der Waals surface area contributed by atoms with Gasteiger partial charge in [-0.1, -0.05) is 13.8 Å². The zero-order valence-electron chi connectivity index (χ0n) is 9.93. The molecule has 0 aromatic rings. The topological polar surface area (TPSA) is 15.3 Å². The lowest BCUT2D eigenvalue weighted by atomic mass is 10.1. The molecular formula is C11H26N2. The predicted molar refractivity (Wildman–Crippen MR) is 60.1 cm³/mol. The molecular weight excluding hydrogens is 160 g/mol. The Morgan fingerprint density at radius 1 is 1.23 bits per heavy atom. The van der Waals surface area contributed by atoms with Crippen molar-refractivity contribution in [3.05, 3.63) is 0 Å². The van der Waals surface area contributed by atoms with Crippen molar-refractivity contribution in [3.63, 3.8) is 0 Å². The van der Waals surface area contributed by atoms with Gasteiger partial charge in [-0.15, -0.1) is 0 Å². The average molecular weight is 186 g/mol. The Kier molecular flexibility index (Phi) is 7.29. The van der Waals surface area contributed by atoms with Crippen LogP contribution in [0.3, 0.4) is 0 Å². The number of nitrogens with one attached hydrogen (secondary N) is 1. The third-order valence-corrected chi connectivity index (χ3v) is 2.67. The van der Waals surface area contributed by atoms with E-state index in [1.807, 2.05) is 0 Å². The van der Waals surface area contributed by atoms with Gasteiger partial charge in [-0.25, -0.2) is 0 Å². The first-order valence-corrected chi connectivity index (χ1v) is 5.56. The van der Waals surface area contributed by atoms with E-state index < -0.39 is 0 Å². The fourth-order valence-electron chi connectivity index (χ4n) is 1.44. The molecule has 0 aromatic heterocycles. The molecule has 13 heavy (non-hydrogen) atoms. The van der Waals surface area contributed by atoms with Crippen LogP contribution >= 0.6 is 0 Å². The molecule has 0 aromatic carbocycles. The molecule has 0 aliphatic heterocycles. The highest BCUT2D eigenvalue weighted by atomic mass is 15.2. The Labute approximate surface area is 83.7 Å². The van der Waals surface area contributed by atoms with Gasteiger partial charge in [-0.2, -0.15) is 0 Å². The molecule has 0 amide bonds. The van der Waals surface area contributed by atoms with Crippen molar-refractivity contribution in [1.82, 2.24) is 10.2 Å². The van der Waals surface area contributed by atoms with Crippen LogP contribution in [0.2, 0.25) is 0 Å². The van der Waals surface area contributed by atoms with E-state index in [0.29, 0.717) is 12.1 Å². The Balaban J connectivity index is 3.73. The van der Waals surface area contributed by atoms with Crippen molar-refractivity contribution >= 4 is 0 Å². The summed E-state index contributed by atoms with van der Waals surface area (Å²) in [6.45, 7) is 11.2. The second-order valence-corrected chi connectivity index (χ2v) is 4.03. The van der Waals surface area contributed by atoms with E-state index in [1.165, 1.54) is 12.8 Å². The number of nitrogens with zero attached hydrogens (tertiary/aromatic N) is 1. The number of rotatable bonds is 7. The van der Waals surface area contributed by atoms with Crippen molar-refractivity contribution in [2.45, 2.75) is 52.6 Å². The molecule has 1 unspecified atom stereocenters. The van der Waals surface area contributed by atoms with E-state index in [-0.39, 0.29) is 0 Å². The number of likely N-dealkylation sites (N-methyl/N-ethyl adjacent to an activating group) is 1. The molecule has 0 heterocycles. The third kappa shape index (κ3) is 5.27. The van der Waals surface area contributed by atoms with Crippen molar-refractivity contribution in [3.8, 4) is 0 Å². The Morgan fingerprint density at radius 3 is 2.23 bits per heavy atom. The van der Waals surface area contributed by atoms with Crippen LogP contribution in [-0.4, -0.2) is 37.1 Å². The number of hydrogen-bond acceptors (Lipinski definition) is 2. The molecule has 1 N–H and O–H groups in total. The quantitative estimate of drug-likeness (QED) is 0.613. The van der Waals surface area contributed by atoms with E-state index >= 15 is 0 Å². The highest BCUT2D eigenvalue weighted by Crippen LogP contribution is 2.04. The Hall–Kier alpha value is -0.0800. The van der Waals surface area contributed by atoms with Crippen LogP contribution in [0.1, 0.15) is 40.5 Å². The first-order valence-electron chi connectivity index (χ1n) is 5.56. The van der Waals surface area contributed by atoms with Crippen molar-refractivity contribution in [2.75, 3.05) is 20.1 Å². The zero-order chi connectivity index (χ0) is 10.3. The van der Waals surface area contributed by atoms with Gasteiger partial charge < -0.3 is 5.32 Å². The summed E-state index contributed by atoms with van der Waals surface area (Å²) in [6, 6.07) is 1.33. The van der Waals surface area contributed by atoms with Crippen molar-refractivity contribution < 1.29 is 0 Å². The second-order valence-electron chi connectivity index (χ2n) is 4.03. The van der Waals surface area contributed by atoms with E-state index in [0.717, 1.165) is 13.1 Å². The molecule has 0 bridgehead atoms. The largest absolute Gasteiger partial charge is 0.315 e. The molecule has 0 saturated carbocycles. The second kappa shape index (κ2) is 7.34. The van der Waals surface area contributed by atoms with E-state index in [2.05, 4.69) is 45.0 Å². The fourth-order valence-corrected chi connectivity index (χ4v) is 1.44. The minimum atomic E-state index is 0.647. The van der Waals surface area contributed by atoms with Gasteiger partial charge in [0, 0.05) is 18.6 Å². The first kappa shape index (κ1) is 12.9. The van der Waals surface area contributed by atoms with Crippen molar-refractivity contribution in [1.29, 1.82) is 0 Å². The maximum absolute atomic E-state index is 3.48. The van der Waals surface area contributed by atoms with Crippen LogP contribution in [-0.2, 0) is 0 Å². The summed E-state index contributed by atoms with van der Waals surface area (Å²) in [5, 5.41) is 3.48. The smallest absolute Gasteiger partial charge is 0.0217 e. The van der Waals surface area contributed by atoms with Crippen LogP contribution in [0.15, 0.2) is 0 Å². The lowest BCUT2D eigenvalue weighted by molar-refractivity contribution is 0.186. The molecule has 1 atom stereocenters. The minimum absolute atomic E-state index is 0.647. The molecule has 0 spiro atoms. The van der Waals surface area contributed by atoms with Gasteiger partial charge in [0.15, 0.2) is 0 Å². The normalized spacial score (nSPS) is 14.1. The highest BCUT2D eigenvalue weighted by Gasteiger charge is 2.14. The maximum Gasteiger partial charge on any atom is 0.0217 e. The molecule has 0 fully saturated rings. The van der Waals surface area contributed by atoms with Gasteiger partial charge in [0.05, 0.1) is 0 Å². The lowest BCUT2D eigenvalue weighted by Gasteiger charge is -2.30. The fraction of sp³-hybridized carbons (Fsp3) is 1.00. The summed E-state index contributed by atoms with van der Waals surface area (Å²) in [5.41, 5.74) is 0. The van der Waals surface area contributed by atoms with Crippen molar-refractivity contribution in [2.24, 2.45) is 0 Å². The standard InChI is InChI=1S/C11H26N2/c1-6-8-12-9-11(7-2)13(5)10(3)4/h10-12H,6-9H2,1-5H3. The minimum Gasteiger partial charge on any atom is -0.315 e. The summed E-state index contributed by atoms with van der Waals surface area (Å²) < 4.78 is 0. The Bertz CT molecular complexity index is 113. The van der Waals surface area contributed by atoms with E-state index in [4.69, 9.17) is 0 Å². The van der Waals surface area contributed by atoms with E-state index in [9.17, 15) is 0 Å².